The van der Waals surface area contributed by atoms with E-state index in [2.05, 4.69) is 11.0 Å². The number of likely N-dealkylation sites (tertiary alicyclic amines) is 1. The van der Waals surface area contributed by atoms with Crippen LogP contribution < -0.4 is 0 Å². The molecular formula is C21H30ClN3O2. The van der Waals surface area contributed by atoms with Crippen molar-refractivity contribution in [2.24, 2.45) is 11.8 Å². The highest BCUT2D eigenvalue weighted by atomic mass is 35.5. The molecule has 0 N–H and O–H groups in total. The molecule has 6 heteroatoms. The first-order chi connectivity index (χ1) is 12.9. The second-order valence-corrected chi connectivity index (χ2v) is 8.42. The molecular weight excluding hydrogens is 362 g/mol. The van der Waals surface area contributed by atoms with E-state index >= 15 is 0 Å². The molecule has 0 unspecified atom stereocenters. The largest absolute Gasteiger partial charge is 0.342 e. The maximum Gasteiger partial charge on any atom is 0.225 e. The molecule has 0 spiro atoms. The molecule has 2 aliphatic heterocycles. The highest BCUT2D eigenvalue weighted by Gasteiger charge is 2.32. The molecule has 1 aromatic rings. The third kappa shape index (κ3) is 5.23. The first-order valence-electron chi connectivity index (χ1n) is 9.98. The third-order valence-electron chi connectivity index (χ3n) is 5.63. The zero-order chi connectivity index (χ0) is 19.4. The predicted molar refractivity (Wildman–Crippen MR) is 107 cm³/mol. The number of carbonyl (C=O) groups excluding carboxylic acids is 2. The lowest BCUT2D eigenvalue weighted by Gasteiger charge is -2.39. The van der Waals surface area contributed by atoms with Crippen LogP contribution >= 0.6 is 11.6 Å². The number of piperazine rings is 1. The molecule has 148 valence electrons. The maximum absolute atomic E-state index is 12.9. The number of piperidine rings is 1. The molecule has 0 atom stereocenters. The highest BCUT2D eigenvalue weighted by molar-refractivity contribution is 6.30. The van der Waals surface area contributed by atoms with Crippen molar-refractivity contribution in [2.75, 3.05) is 39.3 Å². The number of nitrogens with zero attached hydrogens (tertiary/aromatic N) is 3. The summed E-state index contributed by atoms with van der Waals surface area (Å²) in [4.78, 5) is 31.3. The van der Waals surface area contributed by atoms with Crippen LogP contribution in [-0.2, 0) is 16.1 Å². The fourth-order valence-corrected chi connectivity index (χ4v) is 4.20. The Morgan fingerprint density at radius 2 is 1.70 bits per heavy atom. The van der Waals surface area contributed by atoms with Crippen LogP contribution in [-0.4, -0.2) is 65.8 Å². The van der Waals surface area contributed by atoms with Gasteiger partial charge in [-0.05, 0) is 30.5 Å². The minimum absolute atomic E-state index is 0.0322. The molecule has 0 aromatic heterocycles. The minimum Gasteiger partial charge on any atom is -0.342 e. The molecule has 0 saturated carbocycles. The molecule has 0 radical (unpaired) electrons. The van der Waals surface area contributed by atoms with E-state index in [0.29, 0.717) is 13.1 Å². The Hall–Kier alpha value is -1.59. The first-order valence-corrected chi connectivity index (χ1v) is 10.4. The van der Waals surface area contributed by atoms with E-state index in [9.17, 15) is 9.59 Å². The van der Waals surface area contributed by atoms with Gasteiger partial charge in [0.15, 0.2) is 0 Å². The maximum atomic E-state index is 12.9. The van der Waals surface area contributed by atoms with E-state index in [1.165, 1.54) is 5.56 Å². The summed E-state index contributed by atoms with van der Waals surface area (Å²) in [5.74, 6) is 0.579. The molecule has 2 fully saturated rings. The van der Waals surface area contributed by atoms with Gasteiger partial charge in [-0.25, -0.2) is 0 Å². The van der Waals surface area contributed by atoms with Gasteiger partial charge in [0.1, 0.15) is 0 Å². The van der Waals surface area contributed by atoms with Crippen molar-refractivity contribution in [1.29, 1.82) is 0 Å². The Morgan fingerprint density at radius 1 is 1.04 bits per heavy atom. The van der Waals surface area contributed by atoms with Crippen LogP contribution in [0.4, 0.5) is 0 Å². The van der Waals surface area contributed by atoms with E-state index in [1.54, 1.807) is 0 Å². The number of rotatable bonds is 4. The van der Waals surface area contributed by atoms with Crippen molar-refractivity contribution in [3.8, 4) is 0 Å². The van der Waals surface area contributed by atoms with E-state index in [0.717, 1.165) is 50.6 Å². The number of halogens is 1. The predicted octanol–water partition coefficient (Wildman–Crippen LogP) is 2.88. The standard InChI is InChI=1S/C21H30ClN3O2/c1-16(2)20(26)24-8-6-18(7-9-24)21(27)25-12-10-23(11-13-25)15-17-4-3-5-19(22)14-17/h3-5,14,16,18H,6-13,15H2,1-2H3. The van der Waals surface area contributed by atoms with Gasteiger partial charge in [0.2, 0.25) is 11.8 Å². The third-order valence-corrected chi connectivity index (χ3v) is 5.86. The van der Waals surface area contributed by atoms with E-state index < -0.39 is 0 Å². The van der Waals surface area contributed by atoms with Crippen molar-refractivity contribution < 1.29 is 9.59 Å². The molecule has 27 heavy (non-hydrogen) atoms. The van der Waals surface area contributed by atoms with E-state index in [1.807, 2.05) is 41.8 Å². The zero-order valence-corrected chi connectivity index (χ0v) is 17.1. The van der Waals surface area contributed by atoms with Crippen LogP contribution in [0.2, 0.25) is 5.02 Å². The fraction of sp³-hybridized carbons (Fsp3) is 0.619. The molecule has 0 bridgehead atoms. The monoisotopic (exact) mass is 391 g/mol. The lowest BCUT2D eigenvalue weighted by Crippen LogP contribution is -2.51. The summed E-state index contributed by atoms with van der Waals surface area (Å²) in [5, 5.41) is 0.767. The van der Waals surface area contributed by atoms with Gasteiger partial charge in [0.25, 0.3) is 0 Å². The molecule has 0 aliphatic carbocycles. The quantitative estimate of drug-likeness (QED) is 0.792. The average molecular weight is 392 g/mol. The van der Waals surface area contributed by atoms with Gasteiger partial charge in [-0.2, -0.15) is 0 Å². The number of benzene rings is 1. The molecule has 3 rings (SSSR count). The molecule has 2 saturated heterocycles. The van der Waals surface area contributed by atoms with Gasteiger partial charge in [-0.3, -0.25) is 14.5 Å². The van der Waals surface area contributed by atoms with Crippen LogP contribution in [0.1, 0.15) is 32.3 Å². The summed E-state index contributed by atoms with van der Waals surface area (Å²) in [7, 11) is 0. The fourth-order valence-electron chi connectivity index (χ4n) is 3.99. The van der Waals surface area contributed by atoms with Gasteiger partial charge < -0.3 is 9.80 Å². The molecule has 5 nitrogen and oxygen atoms in total. The number of hydrogen-bond acceptors (Lipinski definition) is 3. The van der Waals surface area contributed by atoms with E-state index in [-0.39, 0.29) is 23.7 Å². The molecule has 1 aromatic carbocycles. The van der Waals surface area contributed by atoms with Crippen LogP contribution in [0.5, 0.6) is 0 Å². The van der Waals surface area contributed by atoms with Gasteiger partial charge in [0, 0.05) is 62.7 Å². The summed E-state index contributed by atoms with van der Waals surface area (Å²) >= 11 is 6.06. The lowest BCUT2D eigenvalue weighted by atomic mass is 9.94. The van der Waals surface area contributed by atoms with Crippen molar-refractivity contribution in [1.82, 2.24) is 14.7 Å². The topological polar surface area (TPSA) is 43.9 Å². The van der Waals surface area contributed by atoms with Crippen molar-refractivity contribution in [2.45, 2.75) is 33.2 Å². The van der Waals surface area contributed by atoms with E-state index in [4.69, 9.17) is 11.6 Å². The summed E-state index contributed by atoms with van der Waals surface area (Å²) in [6.07, 6.45) is 1.58. The van der Waals surface area contributed by atoms with Crippen molar-refractivity contribution in [3.63, 3.8) is 0 Å². The molecule has 2 heterocycles. The van der Waals surface area contributed by atoms with Crippen molar-refractivity contribution in [3.05, 3.63) is 34.9 Å². The summed E-state index contributed by atoms with van der Waals surface area (Å²) in [5.41, 5.74) is 1.21. The first kappa shape index (κ1) is 20.2. The Labute approximate surface area is 167 Å². The summed E-state index contributed by atoms with van der Waals surface area (Å²) in [6.45, 7) is 9.51. The zero-order valence-electron chi connectivity index (χ0n) is 16.4. The SMILES string of the molecule is CC(C)C(=O)N1CCC(C(=O)N2CCN(Cc3cccc(Cl)c3)CC2)CC1. The van der Waals surface area contributed by atoms with Crippen LogP contribution in [0.25, 0.3) is 0 Å². The minimum atomic E-state index is 0.0322. The molecule has 2 aliphatic rings. The van der Waals surface area contributed by atoms with Crippen LogP contribution in [0.15, 0.2) is 24.3 Å². The highest BCUT2D eigenvalue weighted by Crippen LogP contribution is 2.22. The number of carbonyl (C=O) groups is 2. The normalized spacial score (nSPS) is 19.6. The summed E-state index contributed by atoms with van der Waals surface area (Å²) in [6, 6.07) is 7.97. The smallest absolute Gasteiger partial charge is 0.225 e. The Balaban J connectivity index is 1.44. The Bertz CT molecular complexity index is 663. The average Bonchev–Trinajstić information content (AvgIpc) is 2.67. The van der Waals surface area contributed by atoms with Crippen LogP contribution in [0.3, 0.4) is 0 Å². The van der Waals surface area contributed by atoms with Crippen LogP contribution in [0, 0.1) is 11.8 Å². The second-order valence-electron chi connectivity index (χ2n) is 7.99. The van der Waals surface area contributed by atoms with Crippen molar-refractivity contribution >= 4 is 23.4 Å². The van der Waals surface area contributed by atoms with Gasteiger partial charge in [-0.15, -0.1) is 0 Å². The molecule has 2 amide bonds. The number of amides is 2. The summed E-state index contributed by atoms with van der Waals surface area (Å²) < 4.78 is 0. The number of hydrogen-bond donors (Lipinski definition) is 0. The van der Waals surface area contributed by atoms with Gasteiger partial charge in [-0.1, -0.05) is 37.6 Å². The Kier molecular flexibility index (Phi) is 6.77. The van der Waals surface area contributed by atoms with Gasteiger partial charge in [0.05, 0.1) is 0 Å². The Morgan fingerprint density at radius 3 is 2.30 bits per heavy atom. The lowest BCUT2D eigenvalue weighted by molar-refractivity contribution is -0.143. The van der Waals surface area contributed by atoms with Gasteiger partial charge >= 0.3 is 0 Å². The second kappa shape index (κ2) is 9.07.